The van der Waals surface area contributed by atoms with Crippen molar-refractivity contribution in [1.29, 1.82) is 0 Å². The molecule has 0 aliphatic heterocycles. The average molecular weight is 325 g/mol. The van der Waals surface area contributed by atoms with Crippen molar-refractivity contribution < 1.29 is 9.18 Å². The van der Waals surface area contributed by atoms with Crippen LogP contribution in [0.15, 0.2) is 42.5 Å². The second-order valence-corrected chi connectivity index (χ2v) is 6.30. The van der Waals surface area contributed by atoms with Crippen molar-refractivity contribution in [3.05, 3.63) is 65.2 Å². The molecule has 3 rings (SSSR count). The van der Waals surface area contributed by atoms with Crippen LogP contribution >= 0.6 is 0 Å². The molecule has 24 heavy (non-hydrogen) atoms. The smallest absolute Gasteiger partial charge is 0.251 e. The molecule has 1 aromatic heterocycles. The van der Waals surface area contributed by atoms with Gasteiger partial charge in [-0.05, 0) is 42.7 Å². The molecule has 1 unspecified atom stereocenters. The van der Waals surface area contributed by atoms with Crippen LogP contribution in [0.4, 0.5) is 4.39 Å². The quantitative estimate of drug-likeness (QED) is 0.757. The van der Waals surface area contributed by atoms with Gasteiger partial charge in [-0.3, -0.25) is 4.79 Å². The standard InChI is InChI=1S/C19H20FN3O/c1-11(2)17(18-21-15-6-4-5-7-16(15)22-18)23-19(24)13-9-8-12(3)14(20)10-13/h4-11,17H,1-3H3,(H,21,22)(H,23,24). The molecular weight excluding hydrogens is 305 g/mol. The number of amides is 1. The third-order valence-electron chi connectivity index (χ3n) is 4.09. The van der Waals surface area contributed by atoms with E-state index >= 15 is 0 Å². The zero-order valence-corrected chi connectivity index (χ0v) is 13.9. The summed E-state index contributed by atoms with van der Waals surface area (Å²) in [6.07, 6.45) is 0. The van der Waals surface area contributed by atoms with E-state index in [2.05, 4.69) is 15.3 Å². The summed E-state index contributed by atoms with van der Waals surface area (Å²) in [6, 6.07) is 11.9. The van der Waals surface area contributed by atoms with Crippen molar-refractivity contribution in [3.63, 3.8) is 0 Å². The van der Waals surface area contributed by atoms with Crippen LogP contribution in [-0.4, -0.2) is 15.9 Å². The zero-order chi connectivity index (χ0) is 17.3. The Bertz CT molecular complexity index is 852. The van der Waals surface area contributed by atoms with Crippen LogP contribution in [0.25, 0.3) is 11.0 Å². The number of rotatable bonds is 4. The highest BCUT2D eigenvalue weighted by Crippen LogP contribution is 2.23. The van der Waals surface area contributed by atoms with E-state index in [1.165, 1.54) is 6.07 Å². The third kappa shape index (κ3) is 3.15. The van der Waals surface area contributed by atoms with Gasteiger partial charge in [-0.25, -0.2) is 9.37 Å². The second-order valence-electron chi connectivity index (χ2n) is 6.30. The lowest BCUT2D eigenvalue weighted by Crippen LogP contribution is -2.32. The van der Waals surface area contributed by atoms with E-state index in [0.29, 0.717) is 17.0 Å². The van der Waals surface area contributed by atoms with Crippen LogP contribution in [-0.2, 0) is 0 Å². The molecule has 0 saturated heterocycles. The van der Waals surface area contributed by atoms with Gasteiger partial charge in [-0.1, -0.05) is 32.0 Å². The Morgan fingerprint density at radius 3 is 2.62 bits per heavy atom. The van der Waals surface area contributed by atoms with Gasteiger partial charge in [-0.15, -0.1) is 0 Å². The van der Waals surface area contributed by atoms with Crippen molar-refractivity contribution in [2.45, 2.75) is 26.8 Å². The number of carbonyl (C=O) groups is 1. The van der Waals surface area contributed by atoms with E-state index in [1.807, 2.05) is 38.1 Å². The van der Waals surface area contributed by atoms with Crippen molar-refractivity contribution in [2.75, 3.05) is 0 Å². The Hall–Kier alpha value is -2.69. The van der Waals surface area contributed by atoms with Gasteiger partial charge in [-0.2, -0.15) is 0 Å². The first-order chi connectivity index (χ1) is 11.5. The molecule has 0 radical (unpaired) electrons. The summed E-state index contributed by atoms with van der Waals surface area (Å²) in [5, 5.41) is 2.96. The molecule has 5 heteroatoms. The maximum absolute atomic E-state index is 13.7. The summed E-state index contributed by atoms with van der Waals surface area (Å²) in [5.74, 6) is 0.137. The lowest BCUT2D eigenvalue weighted by atomic mass is 10.0. The highest BCUT2D eigenvalue weighted by atomic mass is 19.1. The summed E-state index contributed by atoms with van der Waals surface area (Å²) in [6.45, 7) is 5.68. The predicted molar refractivity (Wildman–Crippen MR) is 92.3 cm³/mol. The molecule has 2 N–H and O–H groups in total. The molecule has 0 aliphatic rings. The highest BCUT2D eigenvalue weighted by molar-refractivity contribution is 5.94. The fourth-order valence-electron chi connectivity index (χ4n) is 2.63. The maximum Gasteiger partial charge on any atom is 0.251 e. The van der Waals surface area contributed by atoms with Gasteiger partial charge in [0.05, 0.1) is 17.1 Å². The lowest BCUT2D eigenvalue weighted by molar-refractivity contribution is 0.0923. The van der Waals surface area contributed by atoms with E-state index in [4.69, 9.17) is 0 Å². The van der Waals surface area contributed by atoms with Crippen LogP contribution in [0.1, 0.15) is 41.6 Å². The van der Waals surface area contributed by atoms with Gasteiger partial charge >= 0.3 is 0 Å². The van der Waals surface area contributed by atoms with Crippen LogP contribution in [0, 0.1) is 18.7 Å². The Morgan fingerprint density at radius 2 is 1.96 bits per heavy atom. The van der Waals surface area contributed by atoms with Crippen LogP contribution in [0.5, 0.6) is 0 Å². The molecule has 3 aromatic rings. The summed E-state index contributed by atoms with van der Waals surface area (Å²) >= 11 is 0. The monoisotopic (exact) mass is 325 g/mol. The minimum absolute atomic E-state index is 0.129. The molecule has 0 spiro atoms. The molecule has 124 valence electrons. The van der Waals surface area contributed by atoms with E-state index in [0.717, 1.165) is 11.0 Å². The minimum Gasteiger partial charge on any atom is -0.342 e. The highest BCUT2D eigenvalue weighted by Gasteiger charge is 2.22. The normalized spacial score (nSPS) is 12.5. The van der Waals surface area contributed by atoms with Gasteiger partial charge in [0, 0.05) is 5.56 Å². The van der Waals surface area contributed by atoms with E-state index < -0.39 is 0 Å². The molecule has 0 saturated carbocycles. The van der Waals surface area contributed by atoms with Gasteiger partial charge in [0.25, 0.3) is 5.91 Å². The summed E-state index contributed by atoms with van der Waals surface area (Å²) < 4.78 is 13.7. The summed E-state index contributed by atoms with van der Waals surface area (Å²) in [4.78, 5) is 20.3. The van der Waals surface area contributed by atoms with Gasteiger partial charge in [0.2, 0.25) is 0 Å². The van der Waals surface area contributed by atoms with Gasteiger partial charge in [0.15, 0.2) is 0 Å². The van der Waals surface area contributed by atoms with Crippen LogP contribution in [0.2, 0.25) is 0 Å². The van der Waals surface area contributed by atoms with Crippen LogP contribution < -0.4 is 5.32 Å². The Kier molecular flexibility index (Phi) is 4.34. The van der Waals surface area contributed by atoms with E-state index in [1.54, 1.807) is 19.1 Å². The predicted octanol–water partition coefficient (Wildman–Crippen LogP) is 4.14. The fraction of sp³-hybridized carbons (Fsp3) is 0.263. The number of nitrogens with one attached hydrogen (secondary N) is 2. The molecule has 4 nitrogen and oxygen atoms in total. The molecule has 0 aliphatic carbocycles. The van der Waals surface area contributed by atoms with Gasteiger partial charge < -0.3 is 10.3 Å². The largest absolute Gasteiger partial charge is 0.342 e. The number of nitrogens with zero attached hydrogens (tertiary/aromatic N) is 1. The molecular formula is C19H20FN3O. The molecule has 1 atom stereocenters. The number of para-hydroxylation sites is 2. The van der Waals surface area contributed by atoms with Gasteiger partial charge in [0.1, 0.15) is 11.6 Å². The number of aryl methyl sites for hydroxylation is 1. The molecule has 2 aromatic carbocycles. The molecule has 0 bridgehead atoms. The number of halogens is 1. The zero-order valence-electron chi connectivity index (χ0n) is 13.9. The molecule has 1 heterocycles. The number of aromatic amines is 1. The number of aromatic nitrogens is 2. The number of hydrogen-bond acceptors (Lipinski definition) is 2. The average Bonchev–Trinajstić information content (AvgIpc) is 2.98. The van der Waals surface area contributed by atoms with Crippen LogP contribution in [0.3, 0.4) is 0 Å². The number of carbonyl (C=O) groups excluding carboxylic acids is 1. The Labute approximate surface area is 140 Å². The number of benzene rings is 2. The minimum atomic E-state index is -0.382. The number of hydrogen-bond donors (Lipinski definition) is 2. The summed E-state index contributed by atoms with van der Waals surface area (Å²) in [5.41, 5.74) is 2.60. The van der Waals surface area contributed by atoms with Crippen molar-refractivity contribution >= 4 is 16.9 Å². The SMILES string of the molecule is Cc1ccc(C(=O)NC(c2nc3ccccc3[nH]2)C(C)C)cc1F. The molecule has 0 fully saturated rings. The second kappa shape index (κ2) is 6.43. The van der Waals surface area contributed by atoms with E-state index in [-0.39, 0.29) is 23.7 Å². The lowest BCUT2D eigenvalue weighted by Gasteiger charge is -2.20. The third-order valence-corrected chi connectivity index (χ3v) is 4.09. The Morgan fingerprint density at radius 1 is 1.21 bits per heavy atom. The van der Waals surface area contributed by atoms with Crippen molar-refractivity contribution in [2.24, 2.45) is 5.92 Å². The number of H-pyrrole nitrogens is 1. The first-order valence-electron chi connectivity index (χ1n) is 7.97. The van der Waals surface area contributed by atoms with E-state index in [9.17, 15) is 9.18 Å². The first kappa shape index (κ1) is 16.2. The topological polar surface area (TPSA) is 57.8 Å². The van der Waals surface area contributed by atoms with Crippen molar-refractivity contribution in [3.8, 4) is 0 Å². The number of fused-ring (bicyclic) bond motifs is 1. The summed E-state index contributed by atoms with van der Waals surface area (Å²) in [7, 11) is 0. The molecule has 1 amide bonds. The Balaban J connectivity index is 1.88. The first-order valence-corrected chi connectivity index (χ1v) is 7.97. The maximum atomic E-state index is 13.7. The fourth-order valence-corrected chi connectivity index (χ4v) is 2.63. The number of imidazole rings is 1. The van der Waals surface area contributed by atoms with Crippen molar-refractivity contribution in [1.82, 2.24) is 15.3 Å².